The molecule has 3 N–H and O–H groups in total. The first-order valence-corrected chi connectivity index (χ1v) is 5.39. The predicted molar refractivity (Wildman–Crippen MR) is 58.9 cm³/mol. The maximum absolute atomic E-state index is 5.66. The third kappa shape index (κ3) is 3.30. The summed E-state index contributed by atoms with van der Waals surface area (Å²) in [5.74, 6) is 0. The van der Waals surface area contributed by atoms with Crippen LogP contribution in [0.1, 0.15) is 18.0 Å². The molecule has 0 aliphatic rings. The van der Waals surface area contributed by atoms with E-state index in [-0.39, 0.29) is 0 Å². The van der Waals surface area contributed by atoms with Crippen LogP contribution in [-0.4, -0.2) is 13.1 Å². The van der Waals surface area contributed by atoms with Gasteiger partial charge >= 0.3 is 0 Å². The van der Waals surface area contributed by atoms with Gasteiger partial charge in [0.15, 0.2) is 0 Å². The number of hydrogen-bond donors (Lipinski definition) is 2. The van der Waals surface area contributed by atoms with Crippen LogP contribution in [0.2, 0.25) is 0 Å². The van der Waals surface area contributed by atoms with Crippen LogP contribution in [0.4, 0.5) is 0 Å². The van der Waals surface area contributed by atoms with Gasteiger partial charge in [0.1, 0.15) is 0 Å². The van der Waals surface area contributed by atoms with E-state index < -0.39 is 0 Å². The molecule has 1 heterocycles. The Kier molecular flexibility index (Phi) is 4.75. The van der Waals surface area contributed by atoms with E-state index in [9.17, 15) is 0 Å². The predicted octanol–water partition coefficient (Wildman–Crippen LogP) is 1.91. The van der Waals surface area contributed by atoms with Gasteiger partial charge in [-0.05, 0) is 35.4 Å². The number of rotatable bonds is 6. The number of nitrogens with one attached hydrogen (secondary N) is 1. The van der Waals surface area contributed by atoms with Crippen LogP contribution in [0.25, 0.3) is 0 Å². The molecule has 1 aromatic rings. The highest BCUT2D eigenvalue weighted by Gasteiger charge is 2.07. The lowest BCUT2D eigenvalue weighted by Crippen LogP contribution is -2.28. The molecule has 0 aromatic carbocycles. The first kappa shape index (κ1) is 10.4. The average Bonchev–Trinajstić information content (AvgIpc) is 2.65. The highest BCUT2D eigenvalue weighted by molar-refractivity contribution is 7.07. The summed E-state index contributed by atoms with van der Waals surface area (Å²) in [6, 6.07) is 2.41. The first-order chi connectivity index (χ1) is 6.38. The molecule has 1 aromatic heterocycles. The van der Waals surface area contributed by atoms with Crippen molar-refractivity contribution < 1.29 is 0 Å². The van der Waals surface area contributed by atoms with E-state index in [2.05, 4.69) is 28.7 Å². The molecule has 1 unspecified atom stereocenters. The molecule has 13 heavy (non-hydrogen) atoms. The second kappa shape index (κ2) is 5.91. The molecule has 72 valence electrons. The zero-order chi connectivity index (χ0) is 9.52. The third-order valence-corrected chi connectivity index (χ3v) is 2.62. The van der Waals surface area contributed by atoms with Gasteiger partial charge in [0.2, 0.25) is 0 Å². The van der Waals surface area contributed by atoms with Gasteiger partial charge < -0.3 is 11.1 Å². The summed E-state index contributed by atoms with van der Waals surface area (Å²) in [4.78, 5) is 0. The molecule has 2 nitrogen and oxygen atoms in total. The fourth-order valence-electron chi connectivity index (χ4n) is 1.17. The Bertz CT molecular complexity index is 231. The smallest absolute Gasteiger partial charge is 0.0452 e. The van der Waals surface area contributed by atoms with Gasteiger partial charge in [-0.25, -0.2) is 0 Å². The van der Waals surface area contributed by atoms with E-state index in [0.717, 1.165) is 13.0 Å². The molecular formula is C10H16N2S. The van der Waals surface area contributed by atoms with Gasteiger partial charge in [-0.15, -0.1) is 6.58 Å². The lowest BCUT2D eigenvalue weighted by molar-refractivity contribution is 0.550. The SMILES string of the molecule is C=CCCNC(CN)c1ccsc1. The molecular weight excluding hydrogens is 180 g/mol. The Morgan fingerprint density at radius 1 is 1.69 bits per heavy atom. The molecule has 1 rings (SSSR count). The molecule has 0 aliphatic carbocycles. The van der Waals surface area contributed by atoms with Crippen molar-refractivity contribution >= 4 is 11.3 Å². The second-order valence-electron chi connectivity index (χ2n) is 2.88. The lowest BCUT2D eigenvalue weighted by Gasteiger charge is -2.14. The Morgan fingerprint density at radius 3 is 3.08 bits per heavy atom. The summed E-state index contributed by atoms with van der Waals surface area (Å²) in [6.45, 7) is 5.27. The van der Waals surface area contributed by atoms with Crippen LogP contribution >= 0.6 is 11.3 Å². The van der Waals surface area contributed by atoms with Gasteiger partial charge in [-0.3, -0.25) is 0 Å². The zero-order valence-corrected chi connectivity index (χ0v) is 8.52. The first-order valence-electron chi connectivity index (χ1n) is 4.45. The monoisotopic (exact) mass is 196 g/mol. The van der Waals surface area contributed by atoms with E-state index >= 15 is 0 Å². The van der Waals surface area contributed by atoms with E-state index in [1.807, 2.05) is 6.08 Å². The zero-order valence-electron chi connectivity index (χ0n) is 7.70. The minimum atomic E-state index is 0.297. The fraction of sp³-hybridized carbons (Fsp3) is 0.400. The fourth-order valence-corrected chi connectivity index (χ4v) is 1.88. The van der Waals surface area contributed by atoms with Gasteiger partial charge in [0.25, 0.3) is 0 Å². The standard InChI is InChI=1S/C10H16N2S/c1-2-3-5-12-10(7-11)9-4-6-13-8-9/h2,4,6,8,10,12H,1,3,5,7,11H2. The van der Waals surface area contributed by atoms with E-state index in [0.29, 0.717) is 12.6 Å². The largest absolute Gasteiger partial charge is 0.329 e. The quantitative estimate of drug-likeness (QED) is 0.539. The van der Waals surface area contributed by atoms with Crippen molar-refractivity contribution in [3.05, 3.63) is 35.0 Å². The van der Waals surface area contributed by atoms with Crippen LogP contribution < -0.4 is 11.1 Å². The molecule has 0 bridgehead atoms. The molecule has 1 atom stereocenters. The summed E-state index contributed by atoms with van der Waals surface area (Å²) in [7, 11) is 0. The van der Waals surface area contributed by atoms with Crippen LogP contribution in [0.5, 0.6) is 0 Å². The Labute approximate surface area is 83.5 Å². The van der Waals surface area contributed by atoms with E-state index in [1.54, 1.807) is 11.3 Å². The Balaban J connectivity index is 2.39. The van der Waals surface area contributed by atoms with Crippen molar-refractivity contribution in [3.63, 3.8) is 0 Å². The molecule has 0 aliphatic heterocycles. The van der Waals surface area contributed by atoms with Gasteiger partial charge in [-0.2, -0.15) is 11.3 Å². The number of nitrogens with two attached hydrogens (primary N) is 1. The van der Waals surface area contributed by atoms with Crippen molar-refractivity contribution in [3.8, 4) is 0 Å². The van der Waals surface area contributed by atoms with Crippen molar-refractivity contribution in [1.29, 1.82) is 0 Å². The minimum absolute atomic E-state index is 0.297. The van der Waals surface area contributed by atoms with E-state index in [4.69, 9.17) is 5.73 Å². The van der Waals surface area contributed by atoms with Gasteiger partial charge in [0, 0.05) is 12.6 Å². The van der Waals surface area contributed by atoms with Crippen LogP contribution in [0, 0.1) is 0 Å². The summed E-state index contributed by atoms with van der Waals surface area (Å²) < 4.78 is 0. The van der Waals surface area contributed by atoms with Crippen molar-refractivity contribution in [2.24, 2.45) is 5.73 Å². The summed E-state index contributed by atoms with van der Waals surface area (Å²) in [6.07, 6.45) is 2.90. The van der Waals surface area contributed by atoms with Crippen molar-refractivity contribution in [2.45, 2.75) is 12.5 Å². The van der Waals surface area contributed by atoms with Gasteiger partial charge in [-0.1, -0.05) is 6.08 Å². The normalized spacial score (nSPS) is 12.7. The summed E-state index contributed by atoms with van der Waals surface area (Å²) in [5.41, 5.74) is 6.95. The minimum Gasteiger partial charge on any atom is -0.329 e. The lowest BCUT2D eigenvalue weighted by atomic mass is 10.1. The third-order valence-electron chi connectivity index (χ3n) is 1.92. The highest BCUT2D eigenvalue weighted by Crippen LogP contribution is 2.14. The highest BCUT2D eigenvalue weighted by atomic mass is 32.1. The Morgan fingerprint density at radius 2 is 2.54 bits per heavy atom. The Hall–Kier alpha value is -0.640. The van der Waals surface area contributed by atoms with Crippen LogP contribution in [0.15, 0.2) is 29.5 Å². The molecule has 0 spiro atoms. The maximum atomic E-state index is 5.66. The summed E-state index contributed by atoms with van der Waals surface area (Å²) >= 11 is 1.71. The molecule has 0 saturated heterocycles. The summed E-state index contributed by atoms with van der Waals surface area (Å²) in [5, 5.41) is 7.60. The molecule has 0 amide bonds. The second-order valence-corrected chi connectivity index (χ2v) is 3.66. The molecule has 0 saturated carbocycles. The topological polar surface area (TPSA) is 38.0 Å². The number of hydrogen-bond acceptors (Lipinski definition) is 3. The van der Waals surface area contributed by atoms with Crippen LogP contribution in [0.3, 0.4) is 0 Å². The van der Waals surface area contributed by atoms with Gasteiger partial charge in [0.05, 0.1) is 0 Å². The molecule has 3 heteroatoms. The van der Waals surface area contributed by atoms with Crippen molar-refractivity contribution in [1.82, 2.24) is 5.32 Å². The maximum Gasteiger partial charge on any atom is 0.0452 e. The molecule has 0 radical (unpaired) electrons. The number of thiophene rings is 1. The molecule has 0 fully saturated rings. The average molecular weight is 196 g/mol. The van der Waals surface area contributed by atoms with Crippen LogP contribution in [-0.2, 0) is 0 Å². The van der Waals surface area contributed by atoms with E-state index in [1.165, 1.54) is 5.56 Å². The van der Waals surface area contributed by atoms with Crippen molar-refractivity contribution in [2.75, 3.05) is 13.1 Å².